The zero-order valence-corrected chi connectivity index (χ0v) is 14.5. The molecule has 0 aliphatic rings. The standard InChI is InChI=1S/C19H20O6/c1-22-13-10-17(24-3)19(18(11-13)25-4)14(20)7-5-12-6-8-16(23-2)15(21)9-12/h5-11,21H,1-4H3. The minimum atomic E-state index is -0.299. The number of hydrogen-bond donors (Lipinski definition) is 1. The highest BCUT2D eigenvalue weighted by molar-refractivity contribution is 6.10. The minimum absolute atomic E-state index is 0.00305. The maximum absolute atomic E-state index is 12.6. The molecule has 2 aromatic carbocycles. The summed E-state index contributed by atoms with van der Waals surface area (Å²) in [6.45, 7) is 0. The molecule has 2 aromatic rings. The molecular formula is C19H20O6. The molecule has 0 unspecified atom stereocenters. The van der Waals surface area contributed by atoms with Gasteiger partial charge in [0.1, 0.15) is 22.8 Å². The van der Waals surface area contributed by atoms with E-state index in [2.05, 4.69) is 0 Å². The maximum atomic E-state index is 12.6. The highest BCUT2D eigenvalue weighted by atomic mass is 16.5. The van der Waals surface area contributed by atoms with Gasteiger partial charge in [-0.25, -0.2) is 0 Å². The quantitative estimate of drug-likeness (QED) is 0.613. The number of allylic oxidation sites excluding steroid dienone is 1. The van der Waals surface area contributed by atoms with Crippen LogP contribution in [0.5, 0.6) is 28.7 Å². The number of benzene rings is 2. The van der Waals surface area contributed by atoms with E-state index in [1.54, 1.807) is 30.3 Å². The Balaban J connectivity index is 2.35. The van der Waals surface area contributed by atoms with Crippen LogP contribution in [0.3, 0.4) is 0 Å². The van der Waals surface area contributed by atoms with E-state index in [1.807, 2.05) is 0 Å². The van der Waals surface area contributed by atoms with Gasteiger partial charge < -0.3 is 24.1 Å². The fourth-order valence-electron chi connectivity index (χ4n) is 2.31. The molecule has 0 spiro atoms. The lowest BCUT2D eigenvalue weighted by Gasteiger charge is -2.13. The highest BCUT2D eigenvalue weighted by Crippen LogP contribution is 2.35. The second-order valence-electron chi connectivity index (χ2n) is 5.04. The number of ether oxygens (including phenoxy) is 4. The van der Waals surface area contributed by atoms with Crippen molar-refractivity contribution in [2.45, 2.75) is 0 Å². The topological polar surface area (TPSA) is 74.2 Å². The molecule has 0 aliphatic carbocycles. The third-order valence-electron chi connectivity index (χ3n) is 3.59. The zero-order valence-electron chi connectivity index (χ0n) is 14.5. The number of ketones is 1. The summed E-state index contributed by atoms with van der Waals surface area (Å²) in [5, 5.41) is 9.80. The van der Waals surface area contributed by atoms with Crippen LogP contribution < -0.4 is 18.9 Å². The zero-order chi connectivity index (χ0) is 18.4. The molecule has 2 rings (SSSR count). The van der Waals surface area contributed by atoms with Crippen molar-refractivity contribution in [3.63, 3.8) is 0 Å². The van der Waals surface area contributed by atoms with E-state index in [0.29, 0.717) is 34.1 Å². The van der Waals surface area contributed by atoms with E-state index in [-0.39, 0.29) is 11.5 Å². The van der Waals surface area contributed by atoms with Gasteiger partial charge in [-0.1, -0.05) is 12.1 Å². The van der Waals surface area contributed by atoms with E-state index in [9.17, 15) is 9.90 Å². The van der Waals surface area contributed by atoms with E-state index in [4.69, 9.17) is 18.9 Å². The predicted octanol–water partition coefficient (Wildman–Crippen LogP) is 3.32. The lowest BCUT2D eigenvalue weighted by molar-refractivity contribution is 0.104. The number of methoxy groups -OCH3 is 4. The lowest BCUT2D eigenvalue weighted by atomic mass is 10.1. The number of hydrogen-bond acceptors (Lipinski definition) is 6. The van der Waals surface area contributed by atoms with Crippen molar-refractivity contribution in [3.05, 3.63) is 47.5 Å². The van der Waals surface area contributed by atoms with Crippen LogP contribution in [-0.4, -0.2) is 39.3 Å². The van der Waals surface area contributed by atoms with Crippen LogP contribution >= 0.6 is 0 Å². The van der Waals surface area contributed by atoms with Gasteiger partial charge in [-0.2, -0.15) is 0 Å². The summed E-state index contributed by atoms with van der Waals surface area (Å²) in [5.41, 5.74) is 0.942. The summed E-state index contributed by atoms with van der Waals surface area (Å²) in [4.78, 5) is 12.6. The van der Waals surface area contributed by atoms with E-state index < -0.39 is 0 Å². The molecule has 1 N–H and O–H groups in total. The van der Waals surface area contributed by atoms with Crippen LogP contribution in [0.15, 0.2) is 36.4 Å². The SMILES string of the molecule is COc1cc(OC)c(C(=O)C=Cc2ccc(OC)c(O)c2)c(OC)c1. The van der Waals surface area contributed by atoms with Crippen molar-refractivity contribution in [1.82, 2.24) is 0 Å². The van der Waals surface area contributed by atoms with Crippen molar-refractivity contribution in [3.8, 4) is 28.7 Å². The molecule has 0 atom stereocenters. The van der Waals surface area contributed by atoms with E-state index in [1.165, 1.54) is 40.6 Å². The Morgan fingerprint density at radius 3 is 1.96 bits per heavy atom. The number of phenolic OH excluding ortho intramolecular Hbond substituents is 1. The van der Waals surface area contributed by atoms with Crippen molar-refractivity contribution >= 4 is 11.9 Å². The van der Waals surface area contributed by atoms with Gasteiger partial charge in [-0.3, -0.25) is 4.79 Å². The Bertz CT molecular complexity index is 769. The lowest BCUT2D eigenvalue weighted by Crippen LogP contribution is -2.03. The molecule has 0 heterocycles. The smallest absolute Gasteiger partial charge is 0.193 e. The maximum Gasteiger partial charge on any atom is 0.193 e. The number of aromatic hydroxyl groups is 1. The Morgan fingerprint density at radius 2 is 1.48 bits per heavy atom. The molecule has 0 fully saturated rings. The molecule has 0 amide bonds. The Labute approximate surface area is 146 Å². The normalized spacial score (nSPS) is 10.6. The first-order valence-corrected chi connectivity index (χ1v) is 7.43. The summed E-state index contributed by atoms with van der Waals surface area (Å²) >= 11 is 0. The van der Waals surface area contributed by atoms with Crippen LogP contribution in [0, 0.1) is 0 Å². The number of carbonyl (C=O) groups excluding carboxylic acids is 1. The van der Waals surface area contributed by atoms with Crippen LogP contribution in [0.1, 0.15) is 15.9 Å². The first-order valence-electron chi connectivity index (χ1n) is 7.43. The van der Waals surface area contributed by atoms with Crippen molar-refractivity contribution < 1.29 is 28.8 Å². The molecule has 0 aromatic heterocycles. The Hall–Kier alpha value is -3.15. The highest BCUT2D eigenvalue weighted by Gasteiger charge is 2.18. The van der Waals surface area contributed by atoms with Gasteiger partial charge in [-0.05, 0) is 23.8 Å². The van der Waals surface area contributed by atoms with Crippen LogP contribution in [0.25, 0.3) is 6.08 Å². The van der Waals surface area contributed by atoms with Crippen molar-refractivity contribution in [2.75, 3.05) is 28.4 Å². The van der Waals surface area contributed by atoms with Gasteiger partial charge in [0, 0.05) is 12.1 Å². The molecule has 0 saturated heterocycles. The fraction of sp³-hybridized carbons (Fsp3) is 0.211. The third-order valence-corrected chi connectivity index (χ3v) is 3.59. The second-order valence-corrected chi connectivity index (χ2v) is 5.04. The molecule has 0 bridgehead atoms. The molecular weight excluding hydrogens is 324 g/mol. The summed E-state index contributed by atoms with van der Waals surface area (Å²) in [5.74, 6) is 1.28. The van der Waals surface area contributed by atoms with Crippen molar-refractivity contribution in [2.24, 2.45) is 0 Å². The monoisotopic (exact) mass is 344 g/mol. The summed E-state index contributed by atoms with van der Waals surface area (Å²) < 4.78 is 20.7. The molecule has 6 heteroatoms. The van der Waals surface area contributed by atoms with Crippen LogP contribution in [-0.2, 0) is 0 Å². The van der Waals surface area contributed by atoms with Crippen molar-refractivity contribution in [1.29, 1.82) is 0 Å². The molecule has 25 heavy (non-hydrogen) atoms. The fourth-order valence-corrected chi connectivity index (χ4v) is 2.31. The first kappa shape index (κ1) is 18.2. The summed E-state index contributed by atoms with van der Waals surface area (Å²) in [6.07, 6.45) is 2.97. The Morgan fingerprint density at radius 1 is 0.880 bits per heavy atom. The van der Waals surface area contributed by atoms with E-state index >= 15 is 0 Å². The van der Waals surface area contributed by atoms with Gasteiger partial charge in [0.2, 0.25) is 0 Å². The summed E-state index contributed by atoms with van der Waals surface area (Å²) in [6, 6.07) is 8.08. The molecule has 6 nitrogen and oxygen atoms in total. The number of rotatable bonds is 7. The third kappa shape index (κ3) is 4.03. The van der Waals surface area contributed by atoms with E-state index in [0.717, 1.165) is 0 Å². The van der Waals surface area contributed by atoms with Gasteiger partial charge in [0.15, 0.2) is 17.3 Å². The molecule has 132 valence electrons. The second kappa shape index (κ2) is 8.10. The van der Waals surface area contributed by atoms with Gasteiger partial charge in [0.05, 0.1) is 28.4 Å². The number of carbonyl (C=O) groups is 1. The van der Waals surface area contributed by atoms with Gasteiger partial charge in [0.25, 0.3) is 0 Å². The van der Waals surface area contributed by atoms with Gasteiger partial charge in [-0.15, -0.1) is 0 Å². The number of phenols is 1. The summed E-state index contributed by atoms with van der Waals surface area (Å²) in [7, 11) is 5.93. The van der Waals surface area contributed by atoms with Crippen LogP contribution in [0.4, 0.5) is 0 Å². The molecule has 0 saturated carbocycles. The molecule has 0 aliphatic heterocycles. The predicted molar refractivity (Wildman–Crippen MR) is 94.1 cm³/mol. The Kier molecular flexibility index (Phi) is 5.89. The minimum Gasteiger partial charge on any atom is -0.504 e. The average molecular weight is 344 g/mol. The first-order chi connectivity index (χ1) is 12.0. The average Bonchev–Trinajstić information content (AvgIpc) is 2.64. The molecule has 0 radical (unpaired) electrons. The largest absolute Gasteiger partial charge is 0.504 e. The van der Waals surface area contributed by atoms with Crippen LogP contribution in [0.2, 0.25) is 0 Å². The van der Waals surface area contributed by atoms with Gasteiger partial charge >= 0.3 is 0 Å².